The minimum atomic E-state index is 0.681. The molecular formula is C50H32N2O. The van der Waals surface area contributed by atoms with Crippen LogP contribution in [0.5, 0.6) is 0 Å². The molecule has 0 saturated carbocycles. The first-order valence-electron chi connectivity index (χ1n) is 17.9. The molecule has 0 N–H and O–H groups in total. The first-order valence-corrected chi connectivity index (χ1v) is 17.9. The van der Waals surface area contributed by atoms with Gasteiger partial charge in [-0.2, -0.15) is 0 Å². The Balaban J connectivity index is 1.26. The van der Waals surface area contributed by atoms with Crippen molar-refractivity contribution < 1.29 is 4.42 Å². The number of rotatable bonds is 6. The highest BCUT2D eigenvalue weighted by Crippen LogP contribution is 2.42. The maximum absolute atomic E-state index is 6.36. The Morgan fingerprint density at radius 2 is 0.868 bits per heavy atom. The Morgan fingerprint density at radius 1 is 0.321 bits per heavy atom. The number of hydrogen-bond acceptors (Lipinski definition) is 3. The molecule has 0 unspecified atom stereocenters. The quantitative estimate of drug-likeness (QED) is 0.176. The van der Waals surface area contributed by atoms with E-state index in [1.54, 1.807) is 0 Å². The number of furan rings is 1. The predicted molar refractivity (Wildman–Crippen MR) is 219 cm³/mol. The molecule has 0 aliphatic heterocycles. The molecule has 8 aromatic carbocycles. The highest BCUT2D eigenvalue weighted by Gasteiger charge is 2.18. The molecule has 0 aliphatic carbocycles. The maximum Gasteiger partial charge on any atom is 0.160 e. The SMILES string of the molecule is c1ccc(-c2nc(-c3cc(-c4cccc5ccccc45)cc(-c4cccc5oc6ccccc6c45)c3)cc(-c3ccccc3-c3ccccc3)n2)cc1. The van der Waals surface area contributed by atoms with Gasteiger partial charge in [-0.15, -0.1) is 0 Å². The van der Waals surface area contributed by atoms with E-state index < -0.39 is 0 Å². The monoisotopic (exact) mass is 676 g/mol. The second-order valence-corrected chi connectivity index (χ2v) is 13.3. The van der Waals surface area contributed by atoms with Crippen LogP contribution in [0, 0.1) is 0 Å². The van der Waals surface area contributed by atoms with E-state index in [4.69, 9.17) is 14.4 Å². The summed E-state index contributed by atoms with van der Waals surface area (Å²) in [6.45, 7) is 0. The molecule has 0 atom stereocenters. The molecule has 2 heterocycles. The molecule has 2 aromatic heterocycles. The first-order chi connectivity index (χ1) is 26.3. The number of fused-ring (bicyclic) bond motifs is 4. The van der Waals surface area contributed by atoms with Crippen molar-refractivity contribution >= 4 is 32.7 Å². The Morgan fingerprint density at radius 3 is 1.70 bits per heavy atom. The highest BCUT2D eigenvalue weighted by atomic mass is 16.3. The number of benzene rings is 8. The lowest BCUT2D eigenvalue weighted by Gasteiger charge is -2.15. The Hall–Kier alpha value is -7.10. The molecular weight excluding hydrogens is 645 g/mol. The third-order valence-corrected chi connectivity index (χ3v) is 10.1. The van der Waals surface area contributed by atoms with Gasteiger partial charge < -0.3 is 4.42 Å². The highest BCUT2D eigenvalue weighted by molar-refractivity contribution is 6.13. The van der Waals surface area contributed by atoms with Crippen LogP contribution in [0.2, 0.25) is 0 Å². The zero-order valence-electron chi connectivity index (χ0n) is 28.8. The minimum Gasteiger partial charge on any atom is -0.456 e. The van der Waals surface area contributed by atoms with E-state index in [1.807, 2.05) is 30.3 Å². The summed E-state index contributed by atoms with van der Waals surface area (Å²) in [7, 11) is 0. The lowest BCUT2D eigenvalue weighted by molar-refractivity contribution is 0.669. The van der Waals surface area contributed by atoms with Crippen molar-refractivity contribution in [2.75, 3.05) is 0 Å². The Labute approximate surface area is 307 Å². The van der Waals surface area contributed by atoms with E-state index in [2.05, 4.69) is 164 Å². The summed E-state index contributed by atoms with van der Waals surface area (Å²) >= 11 is 0. The van der Waals surface area contributed by atoms with E-state index in [9.17, 15) is 0 Å². The first kappa shape index (κ1) is 30.7. The fourth-order valence-electron chi connectivity index (χ4n) is 7.60. The molecule has 0 bridgehead atoms. The van der Waals surface area contributed by atoms with Crippen molar-refractivity contribution in [3.8, 4) is 67.3 Å². The average Bonchev–Trinajstić information content (AvgIpc) is 3.63. The van der Waals surface area contributed by atoms with E-state index in [-0.39, 0.29) is 0 Å². The van der Waals surface area contributed by atoms with Crippen LogP contribution in [0.4, 0.5) is 0 Å². The van der Waals surface area contributed by atoms with Crippen LogP contribution in [0.15, 0.2) is 199 Å². The van der Waals surface area contributed by atoms with Gasteiger partial charge in [0.1, 0.15) is 11.2 Å². The van der Waals surface area contributed by atoms with Crippen LogP contribution in [0.1, 0.15) is 0 Å². The topological polar surface area (TPSA) is 38.9 Å². The molecule has 53 heavy (non-hydrogen) atoms. The third-order valence-electron chi connectivity index (χ3n) is 10.1. The van der Waals surface area contributed by atoms with Crippen LogP contribution in [0.3, 0.4) is 0 Å². The molecule has 3 nitrogen and oxygen atoms in total. The Bertz CT molecular complexity index is 2940. The zero-order valence-corrected chi connectivity index (χ0v) is 28.8. The summed E-state index contributed by atoms with van der Waals surface area (Å²) in [5.74, 6) is 0.681. The van der Waals surface area contributed by atoms with Gasteiger partial charge in [0.05, 0.1) is 11.4 Å². The minimum absolute atomic E-state index is 0.681. The fourth-order valence-corrected chi connectivity index (χ4v) is 7.60. The fraction of sp³-hybridized carbons (Fsp3) is 0. The van der Waals surface area contributed by atoms with E-state index in [0.29, 0.717) is 5.82 Å². The molecule has 0 amide bonds. The molecule has 3 heteroatoms. The summed E-state index contributed by atoms with van der Waals surface area (Å²) in [5, 5.41) is 4.61. The number of hydrogen-bond donors (Lipinski definition) is 0. The van der Waals surface area contributed by atoms with Crippen LogP contribution in [0.25, 0.3) is 100.0 Å². The predicted octanol–water partition coefficient (Wildman–Crippen LogP) is 13.5. The standard InChI is InChI=1S/C50H32N2O/c1-3-15-33(16-4-1)40-22-9-10-23-43(40)46-32-45(51-50(52-46)35-18-5-2-6-19-35)38-30-36(41-25-13-20-34-17-7-8-21-39(34)41)29-37(31-38)42-26-14-28-48-49(42)44-24-11-12-27-47(44)53-48/h1-32H. The van der Waals surface area contributed by atoms with Gasteiger partial charge in [-0.3, -0.25) is 0 Å². The van der Waals surface area contributed by atoms with E-state index in [1.165, 1.54) is 16.3 Å². The lowest BCUT2D eigenvalue weighted by Crippen LogP contribution is -1.97. The average molecular weight is 677 g/mol. The van der Waals surface area contributed by atoms with Gasteiger partial charge in [-0.1, -0.05) is 158 Å². The van der Waals surface area contributed by atoms with Gasteiger partial charge in [0.2, 0.25) is 0 Å². The van der Waals surface area contributed by atoms with Crippen molar-refractivity contribution in [3.63, 3.8) is 0 Å². The second-order valence-electron chi connectivity index (χ2n) is 13.3. The summed E-state index contributed by atoms with van der Waals surface area (Å²) < 4.78 is 6.36. The van der Waals surface area contributed by atoms with Gasteiger partial charge in [0, 0.05) is 27.5 Å². The summed E-state index contributed by atoms with van der Waals surface area (Å²) in [6, 6.07) is 68.1. The molecule has 248 valence electrons. The molecule has 10 aromatic rings. The Kier molecular flexibility index (Phi) is 7.47. The van der Waals surface area contributed by atoms with Crippen LogP contribution >= 0.6 is 0 Å². The molecule has 10 rings (SSSR count). The van der Waals surface area contributed by atoms with Gasteiger partial charge >= 0.3 is 0 Å². The van der Waals surface area contributed by atoms with Crippen molar-refractivity contribution in [2.45, 2.75) is 0 Å². The summed E-state index contributed by atoms with van der Waals surface area (Å²) in [4.78, 5) is 10.5. The van der Waals surface area contributed by atoms with Gasteiger partial charge in [-0.05, 0) is 80.6 Å². The molecule has 0 radical (unpaired) electrons. The normalized spacial score (nSPS) is 11.4. The van der Waals surface area contributed by atoms with Crippen molar-refractivity contribution in [1.29, 1.82) is 0 Å². The third kappa shape index (κ3) is 5.56. The van der Waals surface area contributed by atoms with Crippen molar-refractivity contribution in [2.24, 2.45) is 0 Å². The number of para-hydroxylation sites is 1. The van der Waals surface area contributed by atoms with Crippen molar-refractivity contribution in [3.05, 3.63) is 194 Å². The molecule has 0 aliphatic rings. The van der Waals surface area contributed by atoms with Crippen LogP contribution < -0.4 is 0 Å². The van der Waals surface area contributed by atoms with E-state index >= 15 is 0 Å². The van der Waals surface area contributed by atoms with Gasteiger partial charge in [0.15, 0.2) is 5.82 Å². The summed E-state index contributed by atoms with van der Waals surface area (Å²) in [5.41, 5.74) is 13.3. The number of aromatic nitrogens is 2. The van der Waals surface area contributed by atoms with E-state index in [0.717, 1.165) is 77.8 Å². The van der Waals surface area contributed by atoms with Crippen molar-refractivity contribution in [1.82, 2.24) is 9.97 Å². The van der Waals surface area contributed by atoms with Gasteiger partial charge in [-0.25, -0.2) is 9.97 Å². The smallest absolute Gasteiger partial charge is 0.160 e. The van der Waals surface area contributed by atoms with Gasteiger partial charge in [0.25, 0.3) is 0 Å². The lowest BCUT2D eigenvalue weighted by atomic mass is 9.90. The zero-order chi connectivity index (χ0) is 35.1. The molecule has 0 saturated heterocycles. The molecule has 0 fully saturated rings. The maximum atomic E-state index is 6.36. The number of nitrogens with zero attached hydrogens (tertiary/aromatic N) is 2. The largest absolute Gasteiger partial charge is 0.456 e. The van der Waals surface area contributed by atoms with Crippen LogP contribution in [-0.2, 0) is 0 Å². The second kappa shape index (κ2) is 12.9. The summed E-state index contributed by atoms with van der Waals surface area (Å²) in [6.07, 6.45) is 0. The molecule has 0 spiro atoms. The van der Waals surface area contributed by atoms with Crippen LogP contribution in [-0.4, -0.2) is 9.97 Å².